The Hall–Kier alpha value is -0.830. The van der Waals surface area contributed by atoms with Gasteiger partial charge in [-0.05, 0) is 30.2 Å². The van der Waals surface area contributed by atoms with Gasteiger partial charge in [0.15, 0.2) is 0 Å². The second-order valence-electron chi connectivity index (χ2n) is 3.84. The summed E-state index contributed by atoms with van der Waals surface area (Å²) in [5.41, 5.74) is 0. The molecule has 0 radical (unpaired) electrons. The molecular formula is C11H15NOS. The van der Waals surface area contributed by atoms with E-state index in [-0.39, 0.29) is 5.91 Å². The van der Waals surface area contributed by atoms with Crippen LogP contribution >= 0.6 is 11.3 Å². The third-order valence-electron chi connectivity index (χ3n) is 2.78. The molecule has 1 fully saturated rings. The molecule has 3 heteroatoms. The van der Waals surface area contributed by atoms with Crippen LogP contribution in [0.1, 0.15) is 30.1 Å². The molecule has 76 valence electrons. The fourth-order valence-corrected chi connectivity index (χ4v) is 2.72. The normalized spacial score (nSPS) is 17.8. The van der Waals surface area contributed by atoms with Gasteiger partial charge in [-0.3, -0.25) is 4.79 Å². The maximum absolute atomic E-state index is 11.3. The van der Waals surface area contributed by atoms with E-state index in [0.717, 1.165) is 5.92 Å². The quantitative estimate of drug-likeness (QED) is 0.810. The first-order chi connectivity index (χ1) is 6.81. The topological polar surface area (TPSA) is 29.1 Å². The summed E-state index contributed by atoms with van der Waals surface area (Å²) in [6, 6.07) is 4.22. The van der Waals surface area contributed by atoms with Gasteiger partial charge < -0.3 is 5.32 Å². The standard InChI is InChI=1S/C11H15NOS/c1-12-11(13)7-9(8-4-5-8)10-3-2-6-14-10/h2-3,6,8-9H,4-5,7H2,1H3,(H,12,13). The highest BCUT2D eigenvalue weighted by atomic mass is 32.1. The van der Waals surface area contributed by atoms with Crippen LogP contribution in [-0.2, 0) is 4.79 Å². The fraction of sp³-hybridized carbons (Fsp3) is 0.545. The lowest BCUT2D eigenvalue weighted by Crippen LogP contribution is -2.20. The highest BCUT2D eigenvalue weighted by Gasteiger charge is 2.33. The minimum Gasteiger partial charge on any atom is -0.359 e. The second kappa shape index (κ2) is 4.13. The van der Waals surface area contributed by atoms with Gasteiger partial charge in [-0.25, -0.2) is 0 Å². The molecule has 1 heterocycles. The molecule has 2 rings (SSSR count). The van der Waals surface area contributed by atoms with Crippen LogP contribution in [0.15, 0.2) is 17.5 Å². The first-order valence-corrected chi connectivity index (χ1v) is 5.93. The molecule has 1 aromatic heterocycles. The van der Waals surface area contributed by atoms with Crippen LogP contribution in [0, 0.1) is 5.92 Å². The summed E-state index contributed by atoms with van der Waals surface area (Å²) in [4.78, 5) is 12.7. The summed E-state index contributed by atoms with van der Waals surface area (Å²) in [6.07, 6.45) is 3.24. The first-order valence-electron chi connectivity index (χ1n) is 5.05. The van der Waals surface area contributed by atoms with E-state index in [1.165, 1.54) is 17.7 Å². The van der Waals surface area contributed by atoms with Crippen LogP contribution in [0.3, 0.4) is 0 Å². The van der Waals surface area contributed by atoms with Crippen molar-refractivity contribution in [3.63, 3.8) is 0 Å². The van der Waals surface area contributed by atoms with E-state index in [0.29, 0.717) is 12.3 Å². The second-order valence-corrected chi connectivity index (χ2v) is 4.82. The molecule has 1 aliphatic rings. The zero-order valence-electron chi connectivity index (χ0n) is 8.32. The van der Waals surface area contributed by atoms with Crippen LogP contribution in [-0.4, -0.2) is 13.0 Å². The van der Waals surface area contributed by atoms with Crippen LogP contribution in [0.5, 0.6) is 0 Å². The van der Waals surface area contributed by atoms with Crippen LogP contribution < -0.4 is 5.32 Å². The van der Waals surface area contributed by atoms with Crippen molar-refractivity contribution in [1.29, 1.82) is 0 Å². The van der Waals surface area contributed by atoms with Crippen molar-refractivity contribution in [2.75, 3.05) is 7.05 Å². The third-order valence-corrected chi connectivity index (χ3v) is 3.79. The molecule has 1 unspecified atom stereocenters. The first kappa shape index (κ1) is 9.71. The number of amides is 1. The minimum absolute atomic E-state index is 0.162. The Kier molecular flexibility index (Phi) is 2.87. The SMILES string of the molecule is CNC(=O)CC(c1cccs1)C1CC1. The predicted molar refractivity (Wildman–Crippen MR) is 58.5 cm³/mol. The number of nitrogens with one attached hydrogen (secondary N) is 1. The van der Waals surface area contributed by atoms with Gasteiger partial charge in [-0.2, -0.15) is 0 Å². The molecule has 1 aliphatic carbocycles. The van der Waals surface area contributed by atoms with Crippen molar-refractivity contribution >= 4 is 17.2 Å². The molecule has 0 bridgehead atoms. The van der Waals surface area contributed by atoms with Gasteiger partial charge in [0, 0.05) is 24.3 Å². The summed E-state index contributed by atoms with van der Waals surface area (Å²) in [6.45, 7) is 0. The van der Waals surface area contributed by atoms with Crippen molar-refractivity contribution in [3.05, 3.63) is 22.4 Å². The third kappa shape index (κ3) is 2.15. The van der Waals surface area contributed by atoms with Gasteiger partial charge in [0.05, 0.1) is 0 Å². The molecule has 0 aromatic carbocycles. The lowest BCUT2D eigenvalue weighted by molar-refractivity contribution is -0.121. The molecule has 1 aromatic rings. The number of rotatable bonds is 4. The molecule has 1 N–H and O–H groups in total. The Morgan fingerprint density at radius 2 is 2.50 bits per heavy atom. The summed E-state index contributed by atoms with van der Waals surface area (Å²) >= 11 is 1.77. The highest BCUT2D eigenvalue weighted by Crippen LogP contribution is 2.45. The Bertz CT molecular complexity index is 303. The zero-order valence-corrected chi connectivity index (χ0v) is 9.14. The minimum atomic E-state index is 0.162. The number of thiophene rings is 1. The van der Waals surface area contributed by atoms with Gasteiger partial charge in [0.25, 0.3) is 0 Å². The van der Waals surface area contributed by atoms with Crippen LogP contribution in [0.4, 0.5) is 0 Å². The fourth-order valence-electron chi connectivity index (χ4n) is 1.80. The van der Waals surface area contributed by atoms with Gasteiger partial charge >= 0.3 is 0 Å². The van der Waals surface area contributed by atoms with E-state index in [1.54, 1.807) is 18.4 Å². The molecule has 0 saturated heterocycles. The van der Waals surface area contributed by atoms with E-state index >= 15 is 0 Å². The van der Waals surface area contributed by atoms with Crippen LogP contribution in [0.25, 0.3) is 0 Å². The van der Waals surface area contributed by atoms with E-state index in [1.807, 2.05) is 0 Å². The molecular weight excluding hydrogens is 194 g/mol. The number of carbonyl (C=O) groups is 1. The van der Waals surface area contributed by atoms with E-state index in [2.05, 4.69) is 22.8 Å². The maximum Gasteiger partial charge on any atom is 0.220 e. The van der Waals surface area contributed by atoms with E-state index in [4.69, 9.17) is 0 Å². The van der Waals surface area contributed by atoms with Gasteiger partial charge in [0.2, 0.25) is 5.91 Å². The molecule has 1 amide bonds. The molecule has 14 heavy (non-hydrogen) atoms. The van der Waals surface area contributed by atoms with Crippen molar-refractivity contribution in [3.8, 4) is 0 Å². The highest BCUT2D eigenvalue weighted by molar-refractivity contribution is 7.10. The van der Waals surface area contributed by atoms with Crippen molar-refractivity contribution in [2.24, 2.45) is 5.92 Å². The molecule has 0 spiro atoms. The van der Waals surface area contributed by atoms with Gasteiger partial charge in [-0.1, -0.05) is 6.07 Å². The van der Waals surface area contributed by atoms with Gasteiger partial charge in [0.1, 0.15) is 0 Å². The summed E-state index contributed by atoms with van der Waals surface area (Å²) in [7, 11) is 1.71. The van der Waals surface area contributed by atoms with Crippen molar-refractivity contribution in [1.82, 2.24) is 5.32 Å². The number of carbonyl (C=O) groups excluding carboxylic acids is 1. The summed E-state index contributed by atoms with van der Waals surface area (Å²) < 4.78 is 0. The largest absolute Gasteiger partial charge is 0.359 e. The number of hydrogen-bond acceptors (Lipinski definition) is 2. The lowest BCUT2D eigenvalue weighted by atomic mass is 9.97. The summed E-state index contributed by atoms with van der Waals surface area (Å²) in [5, 5.41) is 4.80. The lowest BCUT2D eigenvalue weighted by Gasteiger charge is -2.12. The Morgan fingerprint density at radius 1 is 1.71 bits per heavy atom. The van der Waals surface area contributed by atoms with E-state index < -0.39 is 0 Å². The monoisotopic (exact) mass is 209 g/mol. The molecule has 2 nitrogen and oxygen atoms in total. The zero-order chi connectivity index (χ0) is 9.97. The average Bonchev–Trinajstić information content (AvgIpc) is 2.89. The summed E-state index contributed by atoms with van der Waals surface area (Å²) in [5.74, 6) is 1.39. The molecule has 1 atom stereocenters. The molecule has 0 aliphatic heterocycles. The smallest absolute Gasteiger partial charge is 0.220 e. The van der Waals surface area contributed by atoms with E-state index in [9.17, 15) is 4.79 Å². The van der Waals surface area contributed by atoms with Crippen LogP contribution in [0.2, 0.25) is 0 Å². The Balaban J connectivity index is 2.04. The predicted octanol–water partition coefficient (Wildman–Crippen LogP) is 2.38. The number of hydrogen-bond donors (Lipinski definition) is 1. The Morgan fingerprint density at radius 3 is 3.00 bits per heavy atom. The average molecular weight is 209 g/mol. The maximum atomic E-state index is 11.3. The molecule has 1 saturated carbocycles. The van der Waals surface area contributed by atoms with Crippen molar-refractivity contribution < 1.29 is 4.79 Å². The Labute approximate surface area is 88.3 Å². The van der Waals surface area contributed by atoms with Crippen molar-refractivity contribution in [2.45, 2.75) is 25.2 Å². The van der Waals surface area contributed by atoms with Gasteiger partial charge in [-0.15, -0.1) is 11.3 Å².